The second-order valence-electron chi connectivity index (χ2n) is 5.73. The third kappa shape index (κ3) is 4.21. The van der Waals surface area contributed by atoms with E-state index in [4.69, 9.17) is 9.47 Å². The highest BCUT2D eigenvalue weighted by molar-refractivity contribution is 6.00. The predicted octanol–water partition coefficient (Wildman–Crippen LogP) is 2.61. The molecule has 0 aliphatic rings. The van der Waals surface area contributed by atoms with Crippen molar-refractivity contribution in [1.82, 2.24) is 5.32 Å². The number of carbonyl (C=O) groups is 1. The van der Waals surface area contributed by atoms with Crippen LogP contribution in [0.1, 0.15) is 15.9 Å². The highest BCUT2D eigenvalue weighted by Gasteiger charge is 2.18. The quantitative estimate of drug-likeness (QED) is 0.603. The van der Waals surface area contributed by atoms with Gasteiger partial charge in [0, 0.05) is 38.5 Å². The number of nitro benzene ring substituents is 1. The molecule has 0 saturated heterocycles. The lowest BCUT2D eigenvalue weighted by Crippen LogP contribution is -2.25. The van der Waals surface area contributed by atoms with Crippen LogP contribution in [0.25, 0.3) is 0 Å². The standard InChI is InChI=1S/C18H21N3O5/c1-20(2)15-7-6-13(21(23)24)10-14(15)18(22)19-11-12-5-8-16(25-3)17(9-12)26-4/h5-10H,11H2,1-4H3,(H,19,22). The topological polar surface area (TPSA) is 93.9 Å². The summed E-state index contributed by atoms with van der Waals surface area (Å²) >= 11 is 0. The lowest BCUT2D eigenvalue weighted by atomic mass is 10.1. The van der Waals surface area contributed by atoms with Gasteiger partial charge in [-0.3, -0.25) is 14.9 Å². The molecule has 2 rings (SSSR count). The fraction of sp³-hybridized carbons (Fsp3) is 0.278. The zero-order chi connectivity index (χ0) is 19.3. The van der Waals surface area contributed by atoms with Gasteiger partial charge in [-0.25, -0.2) is 0 Å². The summed E-state index contributed by atoms with van der Waals surface area (Å²) in [4.78, 5) is 24.8. The van der Waals surface area contributed by atoms with Crippen LogP contribution in [-0.2, 0) is 6.54 Å². The molecule has 1 N–H and O–H groups in total. The average molecular weight is 359 g/mol. The smallest absolute Gasteiger partial charge is 0.270 e. The van der Waals surface area contributed by atoms with Crippen LogP contribution in [-0.4, -0.2) is 39.1 Å². The second-order valence-corrected chi connectivity index (χ2v) is 5.73. The summed E-state index contributed by atoms with van der Waals surface area (Å²) < 4.78 is 10.4. The van der Waals surface area contributed by atoms with Gasteiger partial charge in [0.25, 0.3) is 11.6 Å². The summed E-state index contributed by atoms with van der Waals surface area (Å²) in [6.45, 7) is 0.245. The Hall–Kier alpha value is -3.29. The highest BCUT2D eigenvalue weighted by Crippen LogP contribution is 2.28. The summed E-state index contributed by atoms with van der Waals surface area (Å²) in [6, 6.07) is 9.53. The van der Waals surface area contributed by atoms with Gasteiger partial charge in [-0.2, -0.15) is 0 Å². The van der Waals surface area contributed by atoms with E-state index in [0.29, 0.717) is 17.2 Å². The molecule has 8 nitrogen and oxygen atoms in total. The molecule has 138 valence electrons. The number of nitrogens with one attached hydrogen (secondary N) is 1. The molecule has 0 saturated carbocycles. The molecule has 0 aromatic heterocycles. The number of ether oxygens (including phenoxy) is 2. The van der Waals surface area contributed by atoms with Crippen molar-refractivity contribution in [1.29, 1.82) is 0 Å². The summed E-state index contributed by atoms with van der Waals surface area (Å²) in [6.07, 6.45) is 0. The molecule has 0 spiro atoms. The van der Waals surface area contributed by atoms with Crippen LogP contribution in [0.3, 0.4) is 0 Å². The van der Waals surface area contributed by atoms with Gasteiger partial charge in [0.15, 0.2) is 11.5 Å². The number of non-ortho nitro benzene ring substituents is 1. The first-order valence-corrected chi connectivity index (χ1v) is 7.82. The van der Waals surface area contributed by atoms with E-state index in [-0.39, 0.29) is 17.8 Å². The maximum Gasteiger partial charge on any atom is 0.270 e. The molecule has 0 heterocycles. The lowest BCUT2D eigenvalue weighted by Gasteiger charge is -2.17. The van der Waals surface area contributed by atoms with Crippen molar-refractivity contribution >= 4 is 17.3 Å². The van der Waals surface area contributed by atoms with Gasteiger partial charge in [0.1, 0.15) is 0 Å². The van der Waals surface area contributed by atoms with Crippen molar-refractivity contribution in [2.75, 3.05) is 33.2 Å². The predicted molar refractivity (Wildman–Crippen MR) is 98.1 cm³/mol. The van der Waals surface area contributed by atoms with Crippen LogP contribution in [0.2, 0.25) is 0 Å². The fourth-order valence-corrected chi connectivity index (χ4v) is 2.48. The number of nitro groups is 1. The van der Waals surface area contributed by atoms with Crippen molar-refractivity contribution in [2.24, 2.45) is 0 Å². The van der Waals surface area contributed by atoms with E-state index in [0.717, 1.165) is 5.56 Å². The zero-order valence-electron chi connectivity index (χ0n) is 15.1. The van der Waals surface area contributed by atoms with Gasteiger partial charge in [-0.1, -0.05) is 6.07 Å². The Kier molecular flexibility index (Phi) is 6.00. The number of carbonyl (C=O) groups excluding carboxylic acids is 1. The van der Waals surface area contributed by atoms with Crippen LogP contribution in [0.4, 0.5) is 11.4 Å². The SMILES string of the molecule is COc1ccc(CNC(=O)c2cc([N+](=O)[O-])ccc2N(C)C)cc1OC. The molecule has 0 bridgehead atoms. The summed E-state index contributed by atoms with van der Waals surface area (Å²) in [7, 11) is 6.62. The first-order valence-electron chi connectivity index (χ1n) is 7.82. The van der Waals surface area contributed by atoms with E-state index < -0.39 is 10.8 Å². The molecule has 8 heteroatoms. The minimum Gasteiger partial charge on any atom is -0.493 e. The molecular weight excluding hydrogens is 338 g/mol. The van der Waals surface area contributed by atoms with Crippen LogP contribution in [0.15, 0.2) is 36.4 Å². The van der Waals surface area contributed by atoms with E-state index in [9.17, 15) is 14.9 Å². The molecule has 2 aromatic rings. The maximum absolute atomic E-state index is 12.6. The number of nitrogens with zero attached hydrogens (tertiary/aromatic N) is 2. The number of hydrogen-bond acceptors (Lipinski definition) is 6. The second kappa shape index (κ2) is 8.19. The Labute approximate surface area is 151 Å². The molecule has 0 aliphatic carbocycles. The first kappa shape index (κ1) is 19.0. The fourth-order valence-electron chi connectivity index (χ4n) is 2.48. The molecule has 0 radical (unpaired) electrons. The zero-order valence-corrected chi connectivity index (χ0v) is 15.1. The van der Waals surface area contributed by atoms with E-state index >= 15 is 0 Å². The number of anilines is 1. The molecule has 0 unspecified atom stereocenters. The number of methoxy groups -OCH3 is 2. The van der Waals surface area contributed by atoms with Crippen LogP contribution < -0.4 is 19.7 Å². The lowest BCUT2D eigenvalue weighted by molar-refractivity contribution is -0.384. The Morgan fingerprint density at radius 2 is 1.81 bits per heavy atom. The van der Waals surface area contributed by atoms with Crippen molar-refractivity contribution in [3.8, 4) is 11.5 Å². The summed E-state index contributed by atoms with van der Waals surface area (Å²) in [5.41, 5.74) is 1.52. The molecule has 26 heavy (non-hydrogen) atoms. The van der Waals surface area contributed by atoms with Crippen LogP contribution >= 0.6 is 0 Å². The Morgan fingerprint density at radius 3 is 2.38 bits per heavy atom. The minimum absolute atomic E-state index is 0.133. The van der Waals surface area contributed by atoms with Crippen LogP contribution in [0, 0.1) is 10.1 Å². The number of benzene rings is 2. The Morgan fingerprint density at radius 1 is 1.12 bits per heavy atom. The summed E-state index contributed by atoms with van der Waals surface area (Å²) in [5, 5.41) is 13.8. The van der Waals surface area contributed by atoms with Gasteiger partial charge in [-0.05, 0) is 23.8 Å². The van der Waals surface area contributed by atoms with Gasteiger partial charge in [0.2, 0.25) is 0 Å². The highest BCUT2D eigenvalue weighted by atomic mass is 16.6. The molecule has 0 fully saturated rings. The van der Waals surface area contributed by atoms with Crippen molar-refractivity contribution in [2.45, 2.75) is 6.54 Å². The molecule has 1 amide bonds. The van der Waals surface area contributed by atoms with E-state index in [1.807, 2.05) is 6.07 Å². The number of rotatable bonds is 7. The van der Waals surface area contributed by atoms with Gasteiger partial charge >= 0.3 is 0 Å². The van der Waals surface area contributed by atoms with Crippen LogP contribution in [0.5, 0.6) is 11.5 Å². The normalized spacial score (nSPS) is 10.2. The Bertz CT molecular complexity index is 820. The molecule has 0 aliphatic heterocycles. The largest absolute Gasteiger partial charge is 0.493 e. The van der Waals surface area contributed by atoms with E-state index in [1.54, 1.807) is 44.3 Å². The van der Waals surface area contributed by atoms with E-state index in [1.165, 1.54) is 19.2 Å². The van der Waals surface area contributed by atoms with Crippen molar-refractivity contribution < 1.29 is 19.2 Å². The van der Waals surface area contributed by atoms with Crippen molar-refractivity contribution in [3.63, 3.8) is 0 Å². The molecule has 0 atom stereocenters. The Balaban J connectivity index is 2.22. The molecule has 2 aromatic carbocycles. The first-order chi connectivity index (χ1) is 12.4. The molecular formula is C18H21N3O5. The minimum atomic E-state index is -0.523. The third-order valence-electron chi connectivity index (χ3n) is 3.82. The third-order valence-corrected chi connectivity index (χ3v) is 3.82. The average Bonchev–Trinajstić information content (AvgIpc) is 2.64. The van der Waals surface area contributed by atoms with E-state index in [2.05, 4.69) is 5.32 Å². The van der Waals surface area contributed by atoms with Gasteiger partial charge in [-0.15, -0.1) is 0 Å². The number of amides is 1. The van der Waals surface area contributed by atoms with Gasteiger partial charge in [0.05, 0.1) is 24.7 Å². The maximum atomic E-state index is 12.6. The van der Waals surface area contributed by atoms with Gasteiger partial charge < -0.3 is 19.7 Å². The summed E-state index contributed by atoms with van der Waals surface area (Å²) in [5.74, 6) is 0.756. The number of hydrogen-bond donors (Lipinski definition) is 1. The monoisotopic (exact) mass is 359 g/mol. The van der Waals surface area contributed by atoms with Crippen molar-refractivity contribution in [3.05, 3.63) is 57.6 Å².